The summed E-state index contributed by atoms with van der Waals surface area (Å²) in [6.45, 7) is 5.14. The van der Waals surface area contributed by atoms with Crippen molar-refractivity contribution in [1.82, 2.24) is 15.0 Å². The number of hydrogen-bond donors (Lipinski definition) is 1. The van der Waals surface area contributed by atoms with E-state index in [1.165, 1.54) is 11.8 Å². The summed E-state index contributed by atoms with van der Waals surface area (Å²) >= 11 is 0. The zero-order valence-corrected chi connectivity index (χ0v) is 17.9. The van der Waals surface area contributed by atoms with Crippen molar-refractivity contribution < 1.29 is 8.42 Å². The van der Waals surface area contributed by atoms with Gasteiger partial charge in [-0.25, -0.2) is 18.4 Å². The van der Waals surface area contributed by atoms with Crippen LogP contribution in [0.15, 0.2) is 53.8 Å². The quantitative estimate of drug-likeness (QED) is 0.677. The van der Waals surface area contributed by atoms with E-state index in [-0.39, 0.29) is 11.2 Å². The van der Waals surface area contributed by atoms with Gasteiger partial charge >= 0.3 is 0 Å². The van der Waals surface area contributed by atoms with E-state index in [9.17, 15) is 8.42 Å². The lowest BCUT2D eigenvalue weighted by atomic mass is 9.79. The monoisotopic (exact) mass is 421 g/mol. The minimum Gasteiger partial charge on any atom is -0.324 e. The molecule has 0 atom stereocenters. The summed E-state index contributed by atoms with van der Waals surface area (Å²) in [7, 11) is -3.16. The number of hydrogen-bond acceptors (Lipinski definition) is 7. The average Bonchev–Trinajstić information content (AvgIpc) is 2.67. The Kier molecular flexibility index (Phi) is 5.11. The minimum atomic E-state index is -3.16. The fourth-order valence-corrected chi connectivity index (χ4v) is 4.18. The topological polar surface area (TPSA) is 97.2 Å². The van der Waals surface area contributed by atoms with Gasteiger partial charge in [-0.15, -0.1) is 0 Å². The van der Waals surface area contributed by atoms with Crippen LogP contribution in [0, 0.1) is 0 Å². The van der Waals surface area contributed by atoms with Gasteiger partial charge in [-0.2, -0.15) is 0 Å². The fourth-order valence-electron chi connectivity index (χ4n) is 3.48. The molecule has 154 valence electrons. The Labute approximate surface area is 176 Å². The largest absolute Gasteiger partial charge is 0.324 e. The molecule has 0 saturated carbocycles. The van der Waals surface area contributed by atoms with Crippen molar-refractivity contribution in [2.24, 2.45) is 4.99 Å². The van der Waals surface area contributed by atoms with E-state index < -0.39 is 9.84 Å². The Balaban J connectivity index is 1.62. The molecular formula is C22H23N5O2S. The van der Waals surface area contributed by atoms with Gasteiger partial charge in [-0.05, 0) is 35.4 Å². The van der Waals surface area contributed by atoms with Crippen LogP contribution < -0.4 is 5.32 Å². The number of fused-ring (bicyclic) bond motifs is 1. The SMILES string of the molecule is CC1(C)CN=Cc2ccc(-c3ccnc(Nc4ccnc(CS(C)(=O)=O)c4)n3)cc21. The molecule has 1 aromatic carbocycles. The highest BCUT2D eigenvalue weighted by molar-refractivity contribution is 7.89. The first-order chi connectivity index (χ1) is 14.2. The molecule has 0 fully saturated rings. The first-order valence-corrected chi connectivity index (χ1v) is 11.6. The Morgan fingerprint density at radius 3 is 2.67 bits per heavy atom. The first kappa shape index (κ1) is 20.2. The van der Waals surface area contributed by atoms with E-state index in [4.69, 9.17) is 0 Å². The molecule has 0 unspecified atom stereocenters. The average molecular weight is 422 g/mol. The van der Waals surface area contributed by atoms with Crippen molar-refractivity contribution in [3.63, 3.8) is 0 Å². The summed E-state index contributed by atoms with van der Waals surface area (Å²) in [5.74, 6) is 0.319. The molecule has 30 heavy (non-hydrogen) atoms. The Hall–Kier alpha value is -3.13. The fraction of sp³-hybridized carbons (Fsp3) is 0.273. The highest BCUT2D eigenvalue weighted by atomic mass is 32.2. The van der Waals surface area contributed by atoms with Crippen molar-refractivity contribution in [3.8, 4) is 11.3 Å². The predicted octanol–water partition coefficient (Wildman–Crippen LogP) is 3.54. The highest BCUT2D eigenvalue weighted by Gasteiger charge is 2.26. The Bertz CT molecular complexity index is 1240. The van der Waals surface area contributed by atoms with Gasteiger partial charge in [0.05, 0.1) is 17.1 Å². The van der Waals surface area contributed by atoms with Gasteiger partial charge in [0.15, 0.2) is 9.84 Å². The zero-order valence-electron chi connectivity index (χ0n) is 17.1. The molecule has 0 radical (unpaired) electrons. The minimum absolute atomic E-state index is 0.0265. The molecule has 0 aliphatic carbocycles. The van der Waals surface area contributed by atoms with Crippen molar-refractivity contribution >= 4 is 27.7 Å². The molecule has 4 rings (SSSR count). The van der Waals surface area contributed by atoms with Crippen LogP contribution >= 0.6 is 0 Å². The van der Waals surface area contributed by atoms with Crippen molar-refractivity contribution in [3.05, 3.63) is 65.6 Å². The maximum absolute atomic E-state index is 11.5. The van der Waals surface area contributed by atoms with Crippen molar-refractivity contribution in [2.45, 2.75) is 25.0 Å². The standard InChI is InChI=1S/C22H23N5O2S/c1-22(2)14-23-12-16-5-4-15(10-19(16)22)20-7-9-25-21(27-20)26-17-6-8-24-18(11-17)13-30(3,28)29/h4-12H,13-14H2,1-3H3,(H,24,25,26,27). The van der Waals surface area contributed by atoms with Crippen LogP contribution in [0.1, 0.15) is 30.7 Å². The van der Waals surface area contributed by atoms with Gasteiger partial charge in [0, 0.05) is 48.1 Å². The van der Waals surface area contributed by atoms with E-state index in [1.807, 2.05) is 18.3 Å². The lowest BCUT2D eigenvalue weighted by Crippen LogP contribution is -2.26. The van der Waals surface area contributed by atoms with E-state index >= 15 is 0 Å². The summed E-state index contributed by atoms with van der Waals surface area (Å²) in [4.78, 5) is 17.5. The molecule has 1 aliphatic rings. The predicted molar refractivity (Wildman–Crippen MR) is 119 cm³/mol. The highest BCUT2D eigenvalue weighted by Crippen LogP contribution is 2.32. The first-order valence-electron chi connectivity index (χ1n) is 9.57. The zero-order chi connectivity index (χ0) is 21.4. The van der Waals surface area contributed by atoms with Crippen LogP contribution in [0.4, 0.5) is 11.6 Å². The number of anilines is 2. The molecule has 8 heteroatoms. The molecule has 0 amide bonds. The summed E-state index contributed by atoms with van der Waals surface area (Å²) in [6.07, 6.45) is 6.39. The van der Waals surface area contributed by atoms with Crippen molar-refractivity contribution in [1.29, 1.82) is 0 Å². The second kappa shape index (κ2) is 7.60. The number of rotatable bonds is 5. The molecule has 0 saturated heterocycles. The molecule has 1 aliphatic heterocycles. The second-order valence-electron chi connectivity index (χ2n) is 8.15. The molecule has 3 heterocycles. The van der Waals surface area contributed by atoms with Gasteiger partial charge in [0.1, 0.15) is 0 Å². The summed E-state index contributed by atoms with van der Waals surface area (Å²) in [5.41, 5.74) is 5.33. The summed E-state index contributed by atoms with van der Waals surface area (Å²) < 4.78 is 23.1. The molecule has 2 aromatic heterocycles. The van der Waals surface area contributed by atoms with Crippen LogP contribution in [0.2, 0.25) is 0 Å². The third kappa shape index (κ3) is 4.54. The van der Waals surface area contributed by atoms with Gasteiger partial charge in [0.25, 0.3) is 0 Å². The maximum Gasteiger partial charge on any atom is 0.227 e. The molecule has 0 spiro atoms. The maximum atomic E-state index is 11.5. The lowest BCUT2D eigenvalue weighted by molar-refractivity contribution is 0.534. The van der Waals surface area contributed by atoms with E-state index in [2.05, 4.69) is 51.2 Å². The number of nitrogens with one attached hydrogen (secondary N) is 1. The third-order valence-corrected chi connectivity index (χ3v) is 5.75. The van der Waals surface area contributed by atoms with Gasteiger partial charge in [0.2, 0.25) is 5.95 Å². The molecule has 0 bridgehead atoms. The number of benzene rings is 1. The van der Waals surface area contributed by atoms with Crippen LogP contribution in [-0.4, -0.2) is 42.4 Å². The Morgan fingerprint density at radius 2 is 1.87 bits per heavy atom. The van der Waals surface area contributed by atoms with E-state index in [0.717, 1.165) is 23.4 Å². The van der Waals surface area contributed by atoms with E-state index in [1.54, 1.807) is 24.5 Å². The summed E-state index contributed by atoms with van der Waals surface area (Å²) in [6, 6.07) is 11.6. The lowest BCUT2D eigenvalue weighted by Gasteiger charge is -2.28. The molecule has 3 aromatic rings. The third-order valence-electron chi connectivity index (χ3n) is 4.93. The van der Waals surface area contributed by atoms with Crippen LogP contribution in [0.25, 0.3) is 11.3 Å². The van der Waals surface area contributed by atoms with Crippen LogP contribution in [-0.2, 0) is 21.0 Å². The smallest absolute Gasteiger partial charge is 0.227 e. The molecule has 7 nitrogen and oxygen atoms in total. The van der Waals surface area contributed by atoms with Gasteiger partial charge < -0.3 is 5.32 Å². The Morgan fingerprint density at radius 1 is 1.07 bits per heavy atom. The molecular weight excluding hydrogens is 398 g/mol. The molecule has 1 N–H and O–H groups in total. The van der Waals surface area contributed by atoms with Crippen LogP contribution in [0.3, 0.4) is 0 Å². The number of sulfone groups is 1. The van der Waals surface area contributed by atoms with Crippen LogP contribution in [0.5, 0.6) is 0 Å². The number of aromatic nitrogens is 3. The van der Waals surface area contributed by atoms with Crippen molar-refractivity contribution in [2.75, 3.05) is 18.1 Å². The number of aliphatic imine (C=N–C) groups is 1. The van der Waals surface area contributed by atoms with Gasteiger partial charge in [-0.1, -0.05) is 26.0 Å². The number of pyridine rings is 1. The summed E-state index contributed by atoms with van der Waals surface area (Å²) in [5, 5.41) is 3.14. The number of nitrogens with zero attached hydrogens (tertiary/aromatic N) is 4. The van der Waals surface area contributed by atoms with Gasteiger partial charge in [-0.3, -0.25) is 9.98 Å². The normalized spacial score (nSPS) is 14.9. The van der Waals surface area contributed by atoms with E-state index in [0.29, 0.717) is 17.3 Å². The second-order valence-corrected chi connectivity index (χ2v) is 10.3.